The van der Waals surface area contributed by atoms with Crippen molar-refractivity contribution in [2.75, 3.05) is 19.0 Å². The number of carbonyl (C=O) groups excluding carboxylic acids is 1. The van der Waals surface area contributed by atoms with Gasteiger partial charge in [0.25, 0.3) is 11.6 Å². The number of rotatable bonds is 8. The van der Waals surface area contributed by atoms with Crippen molar-refractivity contribution in [1.82, 2.24) is 0 Å². The summed E-state index contributed by atoms with van der Waals surface area (Å²) in [5, 5.41) is 13.5. The number of nitrogens with zero attached hydrogens (tertiary/aromatic N) is 1. The Balaban J connectivity index is 1.62. The van der Waals surface area contributed by atoms with Crippen LogP contribution in [-0.2, 0) is 10.2 Å². The number of nitro groups is 1. The van der Waals surface area contributed by atoms with Crippen LogP contribution in [0.25, 0.3) is 0 Å². The molecule has 0 atom stereocenters. The normalized spacial score (nSPS) is 10.9. The fourth-order valence-corrected chi connectivity index (χ4v) is 3.22. The molecule has 7 heteroatoms. The fraction of sp³-hybridized carbons (Fsp3) is 0.208. The van der Waals surface area contributed by atoms with E-state index in [-0.39, 0.29) is 23.5 Å². The number of methoxy groups -OCH3 is 1. The highest BCUT2D eigenvalue weighted by atomic mass is 16.6. The molecule has 0 fully saturated rings. The Morgan fingerprint density at radius 2 is 1.65 bits per heavy atom. The van der Waals surface area contributed by atoms with Crippen molar-refractivity contribution in [3.8, 4) is 11.5 Å². The van der Waals surface area contributed by atoms with Gasteiger partial charge in [0.15, 0.2) is 6.61 Å². The average Bonchev–Trinajstić information content (AvgIpc) is 2.78. The number of hydrogen-bond donors (Lipinski definition) is 1. The van der Waals surface area contributed by atoms with E-state index in [0.717, 1.165) is 5.56 Å². The highest BCUT2D eigenvalue weighted by Crippen LogP contribution is 2.32. The molecule has 0 aliphatic carbocycles. The first-order valence-corrected chi connectivity index (χ1v) is 9.72. The molecule has 0 aromatic heterocycles. The van der Waals surface area contributed by atoms with E-state index in [1.807, 2.05) is 42.5 Å². The van der Waals surface area contributed by atoms with Gasteiger partial charge in [0.1, 0.15) is 11.5 Å². The Bertz CT molecular complexity index is 1060. The summed E-state index contributed by atoms with van der Waals surface area (Å²) < 4.78 is 10.7. The van der Waals surface area contributed by atoms with E-state index in [0.29, 0.717) is 11.4 Å². The van der Waals surface area contributed by atoms with Crippen LogP contribution in [0.4, 0.5) is 11.4 Å². The van der Waals surface area contributed by atoms with Gasteiger partial charge in [-0.3, -0.25) is 14.9 Å². The zero-order chi connectivity index (χ0) is 22.4. The standard InChI is InChI=1S/C24H24N2O5/c1-24(2,17-7-5-4-6-8-17)18-9-12-20(13-10-18)31-16-23(27)25-21-14-11-19(26(28)29)15-22(21)30-3/h4-15H,16H2,1-3H3,(H,25,27). The smallest absolute Gasteiger partial charge is 0.273 e. The molecule has 1 amide bonds. The molecule has 0 aliphatic heterocycles. The second kappa shape index (κ2) is 9.30. The number of non-ortho nitro benzene ring substituents is 1. The van der Waals surface area contributed by atoms with Crippen LogP contribution in [0.1, 0.15) is 25.0 Å². The van der Waals surface area contributed by atoms with Crippen LogP contribution in [-0.4, -0.2) is 24.5 Å². The molecule has 0 bridgehead atoms. The van der Waals surface area contributed by atoms with Crippen LogP contribution in [0.15, 0.2) is 72.8 Å². The molecule has 0 aliphatic rings. The van der Waals surface area contributed by atoms with Crippen LogP contribution in [0.3, 0.4) is 0 Å². The van der Waals surface area contributed by atoms with E-state index < -0.39 is 10.8 Å². The van der Waals surface area contributed by atoms with Crippen molar-refractivity contribution in [2.24, 2.45) is 0 Å². The molecule has 0 spiro atoms. The molecule has 3 aromatic carbocycles. The first-order valence-electron chi connectivity index (χ1n) is 9.72. The predicted octanol–water partition coefficient (Wildman–Crippen LogP) is 4.95. The van der Waals surface area contributed by atoms with Crippen LogP contribution in [0, 0.1) is 10.1 Å². The lowest BCUT2D eigenvalue weighted by Gasteiger charge is -2.26. The summed E-state index contributed by atoms with van der Waals surface area (Å²) in [7, 11) is 1.38. The first kappa shape index (κ1) is 21.8. The highest BCUT2D eigenvalue weighted by Gasteiger charge is 2.22. The minimum absolute atomic E-state index is 0.121. The lowest BCUT2D eigenvalue weighted by Crippen LogP contribution is -2.21. The number of nitro benzene ring substituents is 1. The van der Waals surface area contributed by atoms with E-state index in [2.05, 4.69) is 31.3 Å². The molecule has 0 unspecified atom stereocenters. The van der Waals surface area contributed by atoms with Crippen molar-refractivity contribution in [1.29, 1.82) is 0 Å². The van der Waals surface area contributed by atoms with Gasteiger partial charge in [-0.1, -0.05) is 56.3 Å². The predicted molar refractivity (Wildman–Crippen MR) is 119 cm³/mol. The largest absolute Gasteiger partial charge is 0.494 e. The third-order valence-electron chi connectivity index (χ3n) is 5.11. The van der Waals surface area contributed by atoms with Crippen LogP contribution in [0.2, 0.25) is 0 Å². The number of benzene rings is 3. The Hall–Kier alpha value is -3.87. The van der Waals surface area contributed by atoms with Gasteiger partial charge in [0, 0.05) is 11.5 Å². The lowest BCUT2D eigenvalue weighted by molar-refractivity contribution is -0.384. The summed E-state index contributed by atoms with van der Waals surface area (Å²) in [5.41, 5.74) is 2.39. The summed E-state index contributed by atoms with van der Waals surface area (Å²) in [6.07, 6.45) is 0. The number of hydrogen-bond acceptors (Lipinski definition) is 5. The van der Waals surface area contributed by atoms with Gasteiger partial charge in [-0.25, -0.2) is 0 Å². The highest BCUT2D eigenvalue weighted by molar-refractivity contribution is 5.93. The molecule has 7 nitrogen and oxygen atoms in total. The van der Waals surface area contributed by atoms with E-state index >= 15 is 0 Å². The number of amides is 1. The quantitative estimate of drug-likeness (QED) is 0.411. The summed E-state index contributed by atoms with van der Waals surface area (Å²) in [4.78, 5) is 22.6. The fourth-order valence-electron chi connectivity index (χ4n) is 3.22. The summed E-state index contributed by atoms with van der Waals surface area (Å²) in [5.74, 6) is 0.370. The molecule has 31 heavy (non-hydrogen) atoms. The van der Waals surface area contributed by atoms with Crippen LogP contribution in [0.5, 0.6) is 11.5 Å². The zero-order valence-corrected chi connectivity index (χ0v) is 17.6. The third kappa shape index (κ3) is 5.19. The molecular formula is C24H24N2O5. The number of anilines is 1. The summed E-state index contributed by atoms with van der Waals surface area (Å²) >= 11 is 0. The molecule has 0 radical (unpaired) electrons. The van der Waals surface area contributed by atoms with Crippen molar-refractivity contribution in [2.45, 2.75) is 19.3 Å². The van der Waals surface area contributed by atoms with Crippen molar-refractivity contribution >= 4 is 17.3 Å². The maximum Gasteiger partial charge on any atom is 0.273 e. The third-order valence-corrected chi connectivity index (χ3v) is 5.11. The minimum atomic E-state index is -0.528. The minimum Gasteiger partial charge on any atom is -0.494 e. The van der Waals surface area contributed by atoms with Gasteiger partial charge >= 0.3 is 0 Å². The Kier molecular flexibility index (Phi) is 6.55. The maximum atomic E-state index is 12.3. The summed E-state index contributed by atoms with van der Waals surface area (Å²) in [6.45, 7) is 4.11. The van der Waals surface area contributed by atoms with Gasteiger partial charge in [0.2, 0.25) is 0 Å². The van der Waals surface area contributed by atoms with E-state index in [1.165, 1.54) is 30.9 Å². The monoisotopic (exact) mass is 420 g/mol. The lowest BCUT2D eigenvalue weighted by atomic mass is 9.78. The topological polar surface area (TPSA) is 90.7 Å². The molecule has 0 saturated carbocycles. The van der Waals surface area contributed by atoms with Crippen molar-refractivity contribution in [3.63, 3.8) is 0 Å². The second-order valence-electron chi connectivity index (χ2n) is 7.49. The average molecular weight is 420 g/mol. The molecule has 160 valence electrons. The number of nitrogens with one attached hydrogen (secondary N) is 1. The number of carbonyl (C=O) groups is 1. The van der Waals surface area contributed by atoms with Crippen LogP contribution < -0.4 is 14.8 Å². The van der Waals surface area contributed by atoms with Gasteiger partial charge in [-0.15, -0.1) is 0 Å². The van der Waals surface area contributed by atoms with E-state index in [4.69, 9.17) is 9.47 Å². The van der Waals surface area contributed by atoms with Gasteiger partial charge in [-0.05, 0) is 29.3 Å². The SMILES string of the molecule is COc1cc([N+](=O)[O-])ccc1NC(=O)COc1ccc(C(C)(C)c2ccccc2)cc1. The molecule has 3 rings (SSSR count). The zero-order valence-electron chi connectivity index (χ0n) is 17.6. The maximum absolute atomic E-state index is 12.3. The summed E-state index contributed by atoms with van der Waals surface area (Å²) in [6, 6.07) is 21.8. The van der Waals surface area contributed by atoms with Gasteiger partial charge in [0.05, 0.1) is 23.8 Å². The molecule has 3 aromatic rings. The molecular weight excluding hydrogens is 396 g/mol. The molecule has 0 heterocycles. The van der Waals surface area contributed by atoms with Crippen LogP contribution >= 0.6 is 0 Å². The van der Waals surface area contributed by atoms with Gasteiger partial charge in [-0.2, -0.15) is 0 Å². The Morgan fingerprint density at radius 1 is 1.00 bits per heavy atom. The Morgan fingerprint density at radius 3 is 2.26 bits per heavy atom. The van der Waals surface area contributed by atoms with Crippen molar-refractivity contribution < 1.29 is 19.2 Å². The van der Waals surface area contributed by atoms with E-state index in [1.54, 1.807) is 0 Å². The van der Waals surface area contributed by atoms with E-state index in [9.17, 15) is 14.9 Å². The number of ether oxygens (including phenoxy) is 2. The Labute approximate surface area is 180 Å². The van der Waals surface area contributed by atoms with Gasteiger partial charge < -0.3 is 14.8 Å². The first-order chi connectivity index (χ1) is 14.8. The molecule has 1 N–H and O–H groups in total. The van der Waals surface area contributed by atoms with Crippen molar-refractivity contribution in [3.05, 3.63) is 94.0 Å². The molecule has 0 saturated heterocycles. The second-order valence-corrected chi connectivity index (χ2v) is 7.49.